The van der Waals surface area contributed by atoms with E-state index in [1.807, 2.05) is 43.1 Å². The number of nitrogens with zero attached hydrogens (tertiary/aromatic N) is 2. The SMILES string of the molecule is Cn1ncc(-c2cccc(OC3CSC3)c2)c1N. The Labute approximate surface area is 110 Å². The minimum atomic E-state index is 0.358. The van der Waals surface area contributed by atoms with Crippen molar-refractivity contribution in [1.82, 2.24) is 9.78 Å². The lowest BCUT2D eigenvalue weighted by atomic mass is 10.1. The van der Waals surface area contributed by atoms with E-state index < -0.39 is 0 Å². The van der Waals surface area contributed by atoms with Crippen molar-refractivity contribution < 1.29 is 4.74 Å². The molecule has 0 unspecified atom stereocenters. The van der Waals surface area contributed by atoms with Crippen LogP contribution in [0.25, 0.3) is 11.1 Å². The molecule has 1 fully saturated rings. The van der Waals surface area contributed by atoms with Gasteiger partial charge in [0, 0.05) is 24.1 Å². The predicted molar refractivity (Wildman–Crippen MR) is 74.8 cm³/mol. The number of rotatable bonds is 3. The van der Waals surface area contributed by atoms with Crippen LogP contribution in [0.3, 0.4) is 0 Å². The summed E-state index contributed by atoms with van der Waals surface area (Å²) < 4.78 is 7.54. The molecule has 1 aromatic heterocycles. The van der Waals surface area contributed by atoms with Crippen molar-refractivity contribution in [1.29, 1.82) is 0 Å². The fraction of sp³-hybridized carbons (Fsp3) is 0.308. The van der Waals surface area contributed by atoms with E-state index in [0.717, 1.165) is 28.4 Å². The minimum Gasteiger partial charge on any atom is -0.489 e. The summed E-state index contributed by atoms with van der Waals surface area (Å²) in [5.74, 6) is 3.74. The van der Waals surface area contributed by atoms with Gasteiger partial charge in [0.15, 0.2) is 0 Å². The molecule has 1 aromatic carbocycles. The van der Waals surface area contributed by atoms with Crippen molar-refractivity contribution in [2.75, 3.05) is 17.2 Å². The Hall–Kier alpha value is -1.62. The number of nitrogen functional groups attached to an aromatic ring is 1. The van der Waals surface area contributed by atoms with Gasteiger partial charge in [0.2, 0.25) is 0 Å². The average Bonchev–Trinajstić information content (AvgIpc) is 2.66. The molecule has 1 saturated heterocycles. The zero-order valence-corrected chi connectivity index (χ0v) is 11.0. The van der Waals surface area contributed by atoms with Gasteiger partial charge in [0.05, 0.1) is 6.20 Å². The van der Waals surface area contributed by atoms with Gasteiger partial charge >= 0.3 is 0 Å². The van der Waals surface area contributed by atoms with Crippen molar-refractivity contribution in [2.45, 2.75) is 6.10 Å². The van der Waals surface area contributed by atoms with Gasteiger partial charge in [-0.15, -0.1) is 0 Å². The summed E-state index contributed by atoms with van der Waals surface area (Å²) in [5.41, 5.74) is 7.98. The molecule has 1 aliphatic rings. The zero-order valence-electron chi connectivity index (χ0n) is 10.2. The summed E-state index contributed by atoms with van der Waals surface area (Å²) in [4.78, 5) is 0. The zero-order chi connectivity index (χ0) is 12.5. The van der Waals surface area contributed by atoms with Crippen LogP contribution in [0, 0.1) is 0 Å². The molecular formula is C13H15N3OS. The molecule has 2 N–H and O–H groups in total. The van der Waals surface area contributed by atoms with Gasteiger partial charge in [0.25, 0.3) is 0 Å². The van der Waals surface area contributed by atoms with Crippen molar-refractivity contribution in [3.8, 4) is 16.9 Å². The number of aryl methyl sites for hydroxylation is 1. The Bertz CT molecular complexity index is 563. The maximum Gasteiger partial charge on any atom is 0.129 e. The highest BCUT2D eigenvalue weighted by molar-refractivity contribution is 8.00. The van der Waals surface area contributed by atoms with E-state index in [1.165, 1.54) is 0 Å². The molecule has 0 spiro atoms. The van der Waals surface area contributed by atoms with Crippen molar-refractivity contribution in [3.05, 3.63) is 30.5 Å². The maximum absolute atomic E-state index is 5.98. The first-order valence-electron chi connectivity index (χ1n) is 5.86. The van der Waals surface area contributed by atoms with E-state index in [4.69, 9.17) is 10.5 Å². The minimum absolute atomic E-state index is 0.358. The first kappa shape index (κ1) is 11.5. The highest BCUT2D eigenvalue weighted by atomic mass is 32.2. The quantitative estimate of drug-likeness (QED) is 0.920. The van der Waals surface area contributed by atoms with Crippen LogP contribution in [0.2, 0.25) is 0 Å². The van der Waals surface area contributed by atoms with E-state index in [1.54, 1.807) is 10.9 Å². The first-order valence-corrected chi connectivity index (χ1v) is 7.02. The van der Waals surface area contributed by atoms with Crippen LogP contribution in [0.4, 0.5) is 5.82 Å². The smallest absolute Gasteiger partial charge is 0.129 e. The highest BCUT2D eigenvalue weighted by Crippen LogP contribution is 2.30. The Morgan fingerprint density at radius 1 is 1.44 bits per heavy atom. The van der Waals surface area contributed by atoms with E-state index in [9.17, 15) is 0 Å². The molecule has 2 aromatic rings. The average molecular weight is 261 g/mol. The number of hydrogen-bond donors (Lipinski definition) is 1. The monoisotopic (exact) mass is 261 g/mol. The van der Waals surface area contributed by atoms with Crippen LogP contribution >= 0.6 is 11.8 Å². The van der Waals surface area contributed by atoms with Crippen LogP contribution in [-0.2, 0) is 7.05 Å². The molecule has 0 saturated carbocycles. The van der Waals surface area contributed by atoms with Crippen molar-refractivity contribution in [2.24, 2.45) is 7.05 Å². The Morgan fingerprint density at radius 2 is 2.28 bits per heavy atom. The van der Waals surface area contributed by atoms with E-state index >= 15 is 0 Å². The van der Waals surface area contributed by atoms with E-state index in [2.05, 4.69) is 5.10 Å². The molecule has 5 heteroatoms. The normalized spacial score (nSPS) is 15.4. The molecule has 1 aliphatic heterocycles. The molecule has 0 aliphatic carbocycles. The summed E-state index contributed by atoms with van der Waals surface area (Å²) in [7, 11) is 1.84. The summed E-state index contributed by atoms with van der Waals surface area (Å²) in [6, 6.07) is 8.02. The van der Waals surface area contributed by atoms with Crippen molar-refractivity contribution >= 4 is 17.6 Å². The number of aromatic nitrogens is 2. The topological polar surface area (TPSA) is 53.1 Å². The lowest BCUT2D eigenvalue weighted by Crippen LogP contribution is -2.30. The van der Waals surface area contributed by atoms with Crippen LogP contribution < -0.4 is 10.5 Å². The third kappa shape index (κ3) is 2.06. The van der Waals surface area contributed by atoms with Gasteiger partial charge < -0.3 is 10.5 Å². The molecule has 18 heavy (non-hydrogen) atoms. The fourth-order valence-electron chi connectivity index (χ4n) is 1.88. The number of anilines is 1. The van der Waals surface area contributed by atoms with E-state index in [0.29, 0.717) is 11.9 Å². The molecule has 0 atom stereocenters. The predicted octanol–water partition coefficient (Wildman–Crippen LogP) is 2.16. The van der Waals surface area contributed by atoms with Gasteiger partial charge in [-0.25, -0.2) is 0 Å². The summed E-state index contributed by atoms with van der Waals surface area (Å²) in [5, 5.41) is 4.16. The summed E-state index contributed by atoms with van der Waals surface area (Å²) in [6.45, 7) is 0. The van der Waals surface area contributed by atoms with Crippen LogP contribution in [-0.4, -0.2) is 27.4 Å². The van der Waals surface area contributed by atoms with Gasteiger partial charge in [-0.05, 0) is 17.7 Å². The molecule has 0 radical (unpaired) electrons. The van der Waals surface area contributed by atoms with Crippen LogP contribution in [0.1, 0.15) is 0 Å². The number of hydrogen-bond acceptors (Lipinski definition) is 4. The highest BCUT2D eigenvalue weighted by Gasteiger charge is 2.20. The number of nitrogens with two attached hydrogens (primary N) is 1. The first-order chi connectivity index (χ1) is 8.74. The number of thioether (sulfide) groups is 1. The van der Waals surface area contributed by atoms with Gasteiger partial charge in [-0.3, -0.25) is 4.68 Å². The maximum atomic E-state index is 5.98. The van der Waals surface area contributed by atoms with Gasteiger partial charge in [-0.1, -0.05) is 12.1 Å². The third-order valence-corrected chi connectivity index (χ3v) is 4.25. The van der Waals surface area contributed by atoms with Crippen molar-refractivity contribution in [3.63, 3.8) is 0 Å². The summed E-state index contributed by atoms with van der Waals surface area (Å²) >= 11 is 1.91. The largest absolute Gasteiger partial charge is 0.489 e. The Morgan fingerprint density at radius 3 is 2.89 bits per heavy atom. The second-order valence-corrected chi connectivity index (χ2v) is 5.45. The van der Waals surface area contributed by atoms with E-state index in [-0.39, 0.29) is 0 Å². The number of ether oxygens (including phenoxy) is 1. The van der Waals surface area contributed by atoms with Gasteiger partial charge in [-0.2, -0.15) is 16.9 Å². The second-order valence-electron chi connectivity index (χ2n) is 4.37. The number of benzene rings is 1. The van der Waals surface area contributed by atoms with Crippen LogP contribution in [0.15, 0.2) is 30.5 Å². The molecular weight excluding hydrogens is 246 g/mol. The standard InChI is InChI=1S/C13H15N3OS/c1-16-13(14)12(6-15-16)9-3-2-4-10(5-9)17-11-7-18-8-11/h2-6,11H,7-8,14H2,1H3. The Balaban J connectivity index is 1.88. The Kier molecular flexibility index (Phi) is 2.91. The molecule has 3 rings (SSSR count). The molecule has 0 bridgehead atoms. The fourth-order valence-corrected chi connectivity index (χ4v) is 2.45. The lowest BCUT2D eigenvalue weighted by molar-refractivity contribution is 0.240. The molecule has 4 nitrogen and oxygen atoms in total. The second kappa shape index (κ2) is 4.57. The third-order valence-electron chi connectivity index (χ3n) is 3.04. The molecule has 0 amide bonds. The lowest BCUT2D eigenvalue weighted by Gasteiger charge is -2.26. The molecule has 2 heterocycles. The van der Waals surface area contributed by atoms with Crippen LogP contribution in [0.5, 0.6) is 5.75 Å². The summed E-state index contributed by atoms with van der Waals surface area (Å²) in [6.07, 6.45) is 2.14. The molecule has 94 valence electrons. The van der Waals surface area contributed by atoms with Gasteiger partial charge in [0.1, 0.15) is 17.7 Å².